The van der Waals surface area contributed by atoms with Crippen molar-refractivity contribution in [2.45, 2.75) is 19.8 Å². The minimum absolute atomic E-state index is 0.00941. The number of hydrogen-bond acceptors (Lipinski definition) is 4. The van der Waals surface area contributed by atoms with Crippen LogP contribution in [0.1, 0.15) is 30.1 Å². The number of rotatable bonds is 5. The summed E-state index contributed by atoms with van der Waals surface area (Å²) in [6, 6.07) is 5.12. The number of amides is 2. The molecule has 1 aromatic carbocycles. The zero-order chi connectivity index (χ0) is 16.8. The lowest BCUT2D eigenvalue weighted by Crippen LogP contribution is -2.37. The van der Waals surface area contributed by atoms with E-state index in [1.807, 2.05) is 6.92 Å². The zero-order valence-corrected chi connectivity index (χ0v) is 14.0. The van der Waals surface area contributed by atoms with Gasteiger partial charge in [0.05, 0.1) is 18.2 Å². The van der Waals surface area contributed by atoms with Crippen molar-refractivity contribution in [3.63, 3.8) is 0 Å². The van der Waals surface area contributed by atoms with Crippen LogP contribution in [0.5, 0.6) is 5.75 Å². The Morgan fingerprint density at radius 1 is 1.39 bits per heavy atom. The van der Waals surface area contributed by atoms with Gasteiger partial charge in [0.25, 0.3) is 5.91 Å². The van der Waals surface area contributed by atoms with Crippen LogP contribution in [0.3, 0.4) is 0 Å². The van der Waals surface area contributed by atoms with Crippen molar-refractivity contribution >= 4 is 17.5 Å². The van der Waals surface area contributed by atoms with Crippen LogP contribution in [0.2, 0.25) is 0 Å². The maximum absolute atomic E-state index is 12.4. The molecule has 126 valence electrons. The quantitative estimate of drug-likeness (QED) is 0.867. The number of anilines is 1. The van der Waals surface area contributed by atoms with E-state index >= 15 is 0 Å². The Morgan fingerprint density at radius 3 is 2.78 bits per heavy atom. The average molecular weight is 319 g/mol. The second-order valence-electron chi connectivity index (χ2n) is 5.88. The van der Waals surface area contributed by atoms with Crippen molar-refractivity contribution in [2.75, 3.05) is 39.1 Å². The maximum Gasteiger partial charge on any atom is 0.253 e. The van der Waals surface area contributed by atoms with E-state index in [9.17, 15) is 9.59 Å². The van der Waals surface area contributed by atoms with E-state index in [0.29, 0.717) is 30.2 Å². The molecule has 6 heteroatoms. The van der Waals surface area contributed by atoms with E-state index in [4.69, 9.17) is 4.74 Å². The summed E-state index contributed by atoms with van der Waals surface area (Å²) in [4.78, 5) is 25.9. The van der Waals surface area contributed by atoms with Gasteiger partial charge in [-0.2, -0.15) is 0 Å². The Bertz CT molecular complexity index is 566. The van der Waals surface area contributed by atoms with Gasteiger partial charge in [-0.15, -0.1) is 0 Å². The minimum atomic E-state index is -0.0969. The standard InChI is InChI=1S/C17H25N3O3/c1-4-23-15-10-12(17(22)20(2)3)7-8-14(15)19-16(21)13-6-5-9-18-11-13/h7-8,10,13,18H,4-6,9,11H2,1-3H3,(H,19,21). The number of piperidine rings is 1. The molecule has 2 amide bonds. The maximum atomic E-state index is 12.4. The van der Waals surface area contributed by atoms with Crippen LogP contribution in [-0.4, -0.2) is 50.5 Å². The fraction of sp³-hybridized carbons (Fsp3) is 0.529. The van der Waals surface area contributed by atoms with Crippen LogP contribution in [0.4, 0.5) is 5.69 Å². The molecule has 1 aliphatic rings. The first-order valence-corrected chi connectivity index (χ1v) is 8.03. The number of hydrogen-bond donors (Lipinski definition) is 2. The van der Waals surface area contributed by atoms with E-state index in [0.717, 1.165) is 19.4 Å². The molecule has 1 heterocycles. The third-order valence-corrected chi connectivity index (χ3v) is 3.86. The van der Waals surface area contributed by atoms with Crippen LogP contribution >= 0.6 is 0 Å². The normalized spacial score (nSPS) is 17.4. The van der Waals surface area contributed by atoms with Gasteiger partial charge in [-0.3, -0.25) is 9.59 Å². The second-order valence-corrected chi connectivity index (χ2v) is 5.88. The molecule has 0 aliphatic carbocycles. The van der Waals surface area contributed by atoms with Gasteiger partial charge in [0.1, 0.15) is 5.75 Å². The Balaban J connectivity index is 2.16. The molecule has 0 radical (unpaired) electrons. The van der Waals surface area contributed by atoms with Gasteiger partial charge in [-0.1, -0.05) is 0 Å². The number of nitrogens with one attached hydrogen (secondary N) is 2. The van der Waals surface area contributed by atoms with Gasteiger partial charge >= 0.3 is 0 Å². The highest BCUT2D eigenvalue weighted by Gasteiger charge is 2.22. The van der Waals surface area contributed by atoms with Crippen molar-refractivity contribution in [2.24, 2.45) is 5.92 Å². The summed E-state index contributed by atoms with van der Waals surface area (Å²) in [6.07, 6.45) is 1.90. The number of carbonyl (C=O) groups excluding carboxylic acids is 2. The fourth-order valence-corrected chi connectivity index (χ4v) is 2.60. The van der Waals surface area contributed by atoms with Crippen molar-refractivity contribution in [1.82, 2.24) is 10.2 Å². The van der Waals surface area contributed by atoms with Gasteiger partial charge in [-0.25, -0.2) is 0 Å². The molecule has 1 saturated heterocycles. The first-order valence-electron chi connectivity index (χ1n) is 8.03. The largest absolute Gasteiger partial charge is 0.492 e. The van der Waals surface area contributed by atoms with Crippen molar-refractivity contribution in [3.8, 4) is 5.75 Å². The molecule has 2 rings (SSSR count). The number of benzene rings is 1. The number of carbonyl (C=O) groups is 2. The second kappa shape index (κ2) is 7.97. The Labute approximate surface area is 137 Å². The van der Waals surface area contributed by atoms with Crippen LogP contribution < -0.4 is 15.4 Å². The van der Waals surface area contributed by atoms with E-state index < -0.39 is 0 Å². The molecule has 1 aromatic rings. The molecule has 0 bridgehead atoms. The van der Waals surface area contributed by atoms with Gasteiger partial charge < -0.3 is 20.3 Å². The molecule has 6 nitrogen and oxygen atoms in total. The van der Waals surface area contributed by atoms with Crippen molar-refractivity contribution in [3.05, 3.63) is 23.8 Å². The monoisotopic (exact) mass is 319 g/mol. The lowest BCUT2D eigenvalue weighted by molar-refractivity contribution is -0.120. The minimum Gasteiger partial charge on any atom is -0.492 e. The Hall–Kier alpha value is -2.08. The fourth-order valence-electron chi connectivity index (χ4n) is 2.60. The lowest BCUT2D eigenvalue weighted by Gasteiger charge is -2.22. The smallest absolute Gasteiger partial charge is 0.253 e. The topological polar surface area (TPSA) is 70.7 Å². The first kappa shape index (κ1) is 17.3. The van der Waals surface area contributed by atoms with E-state index in [2.05, 4.69) is 10.6 Å². The van der Waals surface area contributed by atoms with Gasteiger partial charge in [0, 0.05) is 26.2 Å². The highest BCUT2D eigenvalue weighted by atomic mass is 16.5. The highest BCUT2D eigenvalue weighted by Crippen LogP contribution is 2.27. The van der Waals surface area contributed by atoms with Crippen LogP contribution in [0, 0.1) is 5.92 Å². The molecule has 2 N–H and O–H groups in total. The molecular formula is C17H25N3O3. The van der Waals surface area contributed by atoms with Crippen molar-refractivity contribution in [1.29, 1.82) is 0 Å². The summed E-state index contributed by atoms with van der Waals surface area (Å²) in [6.45, 7) is 4.01. The molecule has 0 saturated carbocycles. The molecule has 1 aliphatic heterocycles. The summed E-state index contributed by atoms with van der Waals surface area (Å²) < 4.78 is 5.59. The molecule has 1 fully saturated rings. The van der Waals surface area contributed by atoms with Crippen LogP contribution in [0.15, 0.2) is 18.2 Å². The molecule has 1 unspecified atom stereocenters. The first-order chi connectivity index (χ1) is 11.0. The van der Waals surface area contributed by atoms with Crippen molar-refractivity contribution < 1.29 is 14.3 Å². The number of nitrogens with zero attached hydrogens (tertiary/aromatic N) is 1. The predicted octanol–water partition coefficient (Wildman–Crippen LogP) is 1.73. The zero-order valence-electron chi connectivity index (χ0n) is 14.0. The third-order valence-electron chi connectivity index (χ3n) is 3.86. The van der Waals surface area contributed by atoms with E-state index in [1.54, 1.807) is 32.3 Å². The Kier molecular flexibility index (Phi) is 5.98. The van der Waals surface area contributed by atoms with Crippen LogP contribution in [-0.2, 0) is 4.79 Å². The SMILES string of the molecule is CCOc1cc(C(=O)N(C)C)ccc1NC(=O)C1CCCNC1. The summed E-state index contributed by atoms with van der Waals surface area (Å²) in [5.41, 5.74) is 1.15. The lowest BCUT2D eigenvalue weighted by atomic mass is 9.98. The van der Waals surface area contributed by atoms with E-state index in [-0.39, 0.29) is 17.7 Å². The van der Waals surface area contributed by atoms with Crippen LogP contribution in [0.25, 0.3) is 0 Å². The predicted molar refractivity (Wildman–Crippen MR) is 89.9 cm³/mol. The molecule has 1 atom stereocenters. The Morgan fingerprint density at radius 2 is 2.17 bits per heavy atom. The van der Waals surface area contributed by atoms with Gasteiger partial charge in [-0.05, 0) is 44.5 Å². The molecule has 0 spiro atoms. The summed E-state index contributed by atoms with van der Waals surface area (Å²) in [5.74, 6) is 0.392. The van der Waals surface area contributed by atoms with Gasteiger partial charge in [0.2, 0.25) is 5.91 Å². The van der Waals surface area contributed by atoms with Gasteiger partial charge in [0.15, 0.2) is 0 Å². The summed E-state index contributed by atoms with van der Waals surface area (Å²) >= 11 is 0. The molecule has 23 heavy (non-hydrogen) atoms. The average Bonchev–Trinajstić information content (AvgIpc) is 2.56. The molecular weight excluding hydrogens is 294 g/mol. The summed E-state index contributed by atoms with van der Waals surface area (Å²) in [5, 5.41) is 6.17. The van der Waals surface area contributed by atoms with E-state index in [1.165, 1.54) is 4.90 Å². The number of ether oxygens (including phenoxy) is 1. The summed E-state index contributed by atoms with van der Waals surface area (Å²) in [7, 11) is 3.41. The third kappa shape index (κ3) is 4.45. The molecule has 0 aromatic heterocycles. The highest BCUT2D eigenvalue weighted by molar-refractivity contribution is 5.97.